The Morgan fingerprint density at radius 1 is 1.43 bits per heavy atom. The molecule has 14 heavy (non-hydrogen) atoms. The van der Waals surface area contributed by atoms with Gasteiger partial charge in [0.05, 0.1) is 0 Å². The molecule has 3 N–H and O–H groups in total. The smallest absolute Gasteiger partial charge is 0.218 e. The van der Waals surface area contributed by atoms with E-state index in [1.807, 2.05) is 32.0 Å². The summed E-state index contributed by atoms with van der Waals surface area (Å²) in [6.07, 6.45) is 0. The lowest BCUT2D eigenvalue weighted by Gasteiger charge is -2.31. The van der Waals surface area contributed by atoms with E-state index in [1.165, 1.54) is 11.8 Å². The molecule has 0 spiro atoms. The molecule has 1 aliphatic rings. The third-order valence-electron chi connectivity index (χ3n) is 2.17. The zero-order chi connectivity index (χ0) is 10.3. The fourth-order valence-electron chi connectivity index (χ4n) is 1.34. The maximum absolute atomic E-state index is 11.6. The van der Waals surface area contributed by atoms with E-state index < -0.39 is 5.54 Å². The van der Waals surface area contributed by atoms with Gasteiger partial charge in [0.1, 0.15) is 5.54 Å². The van der Waals surface area contributed by atoms with Gasteiger partial charge in [0, 0.05) is 16.3 Å². The summed E-state index contributed by atoms with van der Waals surface area (Å²) in [7, 11) is 0. The van der Waals surface area contributed by atoms with E-state index in [4.69, 9.17) is 5.73 Å². The number of nitrogens with one attached hydrogen (secondary N) is 1. The Labute approximate surface area is 87.1 Å². The first-order chi connectivity index (χ1) is 6.49. The molecule has 0 aliphatic carbocycles. The molecular weight excluding hydrogens is 196 g/mol. The normalized spacial score (nSPS) is 18.6. The molecule has 1 aromatic carbocycles. The van der Waals surface area contributed by atoms with Crippen LogP contribution >= 0.6 is 11.8 Å². The molecule has 1 heterocycles. The first-order valence-electron chi connectivity index (χ1n) is 4.39. The highest BCUT2D eigenvalue weighted by atomic mass is 32.2. The second kappa shape index (κ2) is 2.92. The van der Waals surface area contributed by atoms with E-state index in [0.717, 1.165) is 10.6 Å². The van der Waals surface area contributed by atoms with Crippen LogP contribution in [0.25, 0.3) is 0 Å². The van der Waals surface area contributed by atoms with Crippen LogP contribution in [0.15, 0.2) is 23.1 Å². The Bertz CT molecular complexity index is 401. The van der Waals surface area contributed by atoms with Crippen molar-refractivity contribution >= 4 is 28.3 Å². The van der Waals surface area contributed by atoms with Crippen LogP contribution in [-0.2, 0) is 4.79 Å². The zero-order valence-electron chi connectivity index (χ0n) is 8.13. The predicted molar refractivity (Wildman–Crippen MR) is 59.4 cm³/mol. The van der Waals surface area contributed by atoms with Gasteiger partial charge in [-0.05, 0) is 43.8 Å². The van der Waals surface area contributed by atoms with Crippen molar-refractivity contribution in [2.45, 2.75) is 24.3 Å². The zero-order valence-corrected chi connectivity index (χ0v) is 8.94. The maximum Gasteiger partial charge on any atom is 0.218 e. The molecule has 0 aromatic heterocycles. The van der Waals surface area contributed by atoms with Crippen LogP contribution in [0, 0.1) is 0 Å². The van der Waals surface area contributed by atoms with Crippen molar-refractivity contribution in [2.24, 2.45) is 0 Å². The Balaban J connectivity index is 2.46. The molecule has 0 bridgehead atoms. The summed E-state index contributed by atoms with van der Waals surface area (Å²) in [5, 5.41) is 3.31. The molecule has 0 radical (unpaired) electrons. The van der Waals surface area contributed by atoms with Crippen LogP contribution in [0.2, 0.25) is 0 Å². The van der Waals surface area contributed by atoms with Crippen molar-refractivity contribution in [3.63, 3.8) is 0 Å². The Morgan fingerprint density at radius 2 is 2.14 bits per heavy atom. The first kappa shape index (κ1) is 9.40. The van der Waals surface area contributed by atoms with Crippen molar-refractivity contribution in [3.05, 3.63) is 18.2 Å². The number of anilines is 2. The predicted octanol–water partition coefficient (Wildman–Crippen LogP) is 2.09. The van der Waals surface area contributed by atoms with Crippen LogP contribution < -0.4 is 11.1 Å². The number of thioether (sulfide) groups is 1. The summed E-state index contributed by atoms with van der Waals surface area (Å²) in [5.41, 5.74) is 6.82. The minimum absolute atomic E-state index is 0.121. The van der Waals surface area contributed by atoms with Gasteiger partial charge in [-0.15, -0.1) is 0 Å². The largest absolute Gasteiger partial charge is 0.399 e. The highest BCUT2D eigenvalue weighted by Crippen LogP contribution is 2.38. The monoisotopic (exact) mass is 208 g/mol. The van der Waals surface area contributed by atoms with Gasteiger partial charge in [0.2, 0.25) is 5.12 Å². The van der Waals surface area contributed by atoms with E-state index in [-0.39, 0.29) is 5.12 Å². The molecular formula is C10H12N2OS. The van der Waals surface area contributed by atoms with E-state index >= 15 is 0 Å². The Kier molecular flexibility index (Phi) is 1.96. The van der Waals surface area contributed by atoms with Crippen LogP contribution in [-0.4, -0.2) is 10.7 Å². The highest BCUT2D eigenvalue weighted by molar-refractivity contribution is 8.14. The van der Waals surface area contributed by atoms with Crippen molar-refractivity contribution in [1.29, 1.82) is 0 Å². The van der Waals surface area contributed by atoms with Crippen molar-refractivity contribution in [2.75, 3.05) is 11.1 Å². The van der Waals surface area contributed by atoms with Gasteiger partial charge in [0.25, 0.3) is 0 Å². The molecule has 0 amide bonds. The third-order valence-corrected chi connectivity index (χ3v) is 3.42. The van der Waals surface area contributed by atoms with Crippen LogP contribution in [0.4, 0.5) is 11.4 Å². The van der Waals surface area contributed by atoms with E-state index in [2.05, 4.69) is 5.32 Å². The summed E-state index contributed by atoms with van der Waals surface area (Å²) < 4.78 is 0. The molecule has 0 fully saturated rings. The van der Waals surface area contributed by atoms with Crippen LogP contribution in [0.5, 0.6) is 0 Å². The molecule has 0 unspecified atom stereocenters. The number of carbonyl (C=O) groups excluding carboxylic acids is 1. The fourth-order valence-corrected chi connectivity index (χ4v) is 2.27. The number of benzene rings is 1. The highest BCUT2D eigenvalue weighted by Gasteiger charge is 2.33. The minimum atomic E-state index is -0.492. The number of nitrogens with two attached hydrogens (primary N) is 1. The third kappa shape index (κ3) is 1.46. The number of hydrogen-bond donors (Lipinski definition) is 2. The van der Waals surface area contributed by atoms with E-state index in [0.29, 0.717) is 5.69 Å². The van der Waals surface area contributed by atoms with Crippen LogP contribution in [0.1, 0.15) is 13.8 Å². The Hall–Kier alpha value is -1.16. The van der Waals surface area contributed by atoms with Gasteiger partial charge in [-0.2, -0.15) is 0 Å². The molecule has 0 saturated carbocycles. The molecule has 0 saturated heterocycles. The number of hydrogen-bond acceptors (Lipinski definition) is 4. The fraction of sp³-hybridized carbons (Fsp3) is 0.300. The van der Waals surface area contributed by atoms with Gasteiger partial charge >= 0.3 is 0 Å². The van der Waals surface area contributed by atoms with Gasteiger partial charge in [0.15, 0.2) is 0 Å². The van der Waals surface area contributed by atoms with Gasteiger partial charge in [-0.1, -0.05) is 0 Å². The quantitative estimate of drug-likeness (QED) is 0.641. The molecule has 0 atom stereocenters. The average molecular weight is 208 g/mol. The second-order valence-corrected chi connectivity index (χ2v) is 4.91. The SMILES string of the molecule is CC1(C)Nc2ccc(N)cc2SC1=O. The van der Waals surface area contributed by atoms with Gasteiger partial charge in [-0.25, -0.2) is 0 Å². The number of carbonyl (C=O) groups is 1. The lowest BCUT2D eigenvalue weighted by Crippen LogP contribution is -2.40. The summed E-state index contributed by atoms with van der Waals surface area (Å²) in [6.45, 7) is 3.75. The standard InChI is InChI=1S/C10H12N2OS/c1-10(2)9(13)14-8-5-6(11)3-4-7(8)12-10/h3-5,12H,11H2,1-2H3. The molecule has 4 heteroatoms. The molecule has 1 aromatic rings. The lowest BCUT2D eigenvalue weighted by atomic mass is 10.1. The molecule has 2 rings (SSSR count). The average Bonchev–Trinajstić information content (AvgIpc) is 2.08. The lowest BCUT2D eigenvalue weighted by molar-refractivity contribution is -0.114. The number of rotatable bonds is 0. The van der Waals surface area contributed by atoms with Crippen molar-refractivity contribution in [3.8, 4) is 0 Å². The molecule has 74 valence electrons. The Morgan fingerprint density at radius 3 is 2.86 bits per heavy atom. The van der Waals surface area contributed by atoms with Crippen molar-refractivity contribution in [1.82, 2.24) is 0 Å². The van der Waals surface area contributed by atoms with Crippen molar-refractivity contribution < 1.29 is 4.79 Å². The topological polar surface area (TPSA) is 55.1 Å². The maximum atomic E-state index is 11.6. The number of fused-ring (bicyclic) bond motifs is 1. The van der Waals surface area contributed by atoms with E-state index in [9.17, 15) is 4.79 Å². The molecule has 3 nitrogen and oxygen atoms in total. The van der Waals surface area contributed by atoms with Gasteiger partial charge < -0.3 is 11.1 Å². The van der Waals surface area contributed by atoms with E-state index in [1.54, 1.807) is 0 Å². The summed E-state index contributed by atoms with van der Waals surface area (Å²) >= 11 is 1.25. The number of nitrogen functional groups attached to an aromatic ring is 1. The van der Waals surface area contributed by atoms with Crippen LogP contribution in [0.3, 0.4) is 0 Å². The second-order valence-electron chi connectivity index (χ2n) is 3.90. The first-order valence-corrected chi connectivity index (χ1v) is 5.21. The summed E-state index contributed by atoms with van der Waals surface area (Å²) in [5.74, 6) is 0. The minimum Gasteiger partial charge on any atom is -0.399 e. The van der Waals surface area contributed by atoms with Gasteiger partial charge in [-0.3, -0.25) is 4.79 Å². The molecule has 1 aliphatic heterocycles. The summed E-state index contributed by atoms with van der Waals surface area (Å²) in [4.78, 5) is 12.6. The summed E-state index contributed by atoms with van der Waals surface area (Å²) in [6, 6.07) is 5.56.